The molecule has 0 spiro atoms. The van der Waals surface area contributed by atoms with Crippen LogP contribution in [0, 0.1) is 6.92 Å². The third-order valence-electron chi connectivity index (χ3n) is 6.24. The molecule has 4 rings (SSSR count). The van der Waals surface area contributed by atoms with E-state index >= 15 is 0 Å². The number of anilines is 2. The molecular weight excluding hydrogens is 562 g/mol. The van der Waals surface area contributed by atoms with Crippen molar-refractivity contribution in [2.75, 3.05) is 41.9 Å². The molecule has 1 fully saturated rings. The van der Waals surface area contributed by atoms with Crippen molar-refractivity contribution in [3.8, 4) is 0 Å². The maximum atomic E-state index is 13.6. The van der Waals surface area contributed by atoms with Crippen molar-refractivity contribution in [1.82, 2.24) is 4.90 Å². The van der Waals surface area contributed by atoms with Gasteiger partial charge < -0.3 is 9.80 Å². The minimum absolute atomic E-state index is 0.148. The van der Waals surface area contributed by atoms with Crippen LogP contribution in [0.15, 0.2) is 71.6 Å². The highest BCUT2D eigenvalue weighted by Gasteiger charge is 2.36. The van der Waals surface area contributed by atoms with Gasteiger partial charge in [0.25, 0.3) is 10.0 Å². The van der Waals surface area contributed by atoms with Crippen LogP contribution in [0.3, 0.4) is 0 Å². The smallest absolute Gasteiger partial charge is 0.368 e. The summed E-state index contributed by atoms with van der Waals surface area (Å²) >= 11 is 11.8. The molecule has 0 aliphatic carbocycles. The second-order valence-electron chi connectivity index (χ2n) is 8.83. The first-order chi connectivity index (χ1) is 17.9. The Morgan fingerprint density at radius 2 is 1.61 bits per heavy atom. The van der Waals surface area contributed by atoms with Gasteiger partial charge in [-0.1, -0.05) is 47.0 Å². The number of nitrogens with zero attached hydrogens (tertiary/aromatic N) is 3. The van der Waals surface area contributed by atoms with Crippen molar-refractivity contribution in [3.05, 3.63) is 87.9 Å². The molecule has 0 aromatic heterocycles. The molecule has 1 aliphatic rings. The zero-order valence-electron chi connectivity index (χ0n) is 20.3. The van der Waals surface area contributed by atoms with Gasteiger partial charge in [-0.3, -0.25) is 9.10 Å². The summed E-state index contributed by atoms with van der Waals surface area (Å²) < 4.78 is 68.6. The Labute approximate surface area is 229 Å². The summed E-state index contributed by atoms with van der Waals surface area (Å²) in [6, 6.07) is 15.9. The number of benzene rings is 3. The number of alkyl halides is 3. The zero-order chi connectivity index (χ0) is 27.7. The minimum Gasteiger partial charge on any atom is -0.368 e. The number of amides is 1. The van der Waals surface area contributed by atoms with Gasteiger partial charge in [0.05, 0.1) is 21.2 Å². The zero-order valence-corrected chi connectivity index (χ0v) is 22.6. The van der Waals surface area contributed by atoms with E-state index in [0.29, 0.717) is 41.6 Å². The number of hydrogen-bond acceptors (Lipinski definition) is 4. The fraction of sp³-hybridized carbons (Fsp3) is 0.269. The number of carbonyl (C=O) groups excluding carboxylic acids is 1. The lowest BCUT2D eigenvalue weighted by Crippen LogP contribution is -2.52. The van der Waals surface area contributed by atoms with Crippen molar-refractivity contribution in [3.63, 3.8) is 0 Å². The standard InChI is InChI=1S/C26H24Cl2F3N3O3S/c1-18-5-8-22(9-6-18)38(36,37)34(21-7-10-24(28)23(16-21)26(29,30)31)17-25(35)33-13-11-32(12-14-33)20-4-2-3-19(27)15-20/h2-10,15-16H,11-14,17H2,1H3. The fourth-order valence-corrected chi connectivity index (χ4v) is 5.96. The summed E-state index contributed by atoms with van der Waals surface area (Å²) in [6.45, 7) is 2.67. The predicted octanol–water partition coefficient (Wildman–Crippen LogP) is 5.86. The molecule has 0 N–H and O–H groups in total. The van der Waals surface area contributed by atoms with Crippen molar-refractivity contribution < 1.29 is 26.4 Å². The lowest BCUT2D eigenvalue weighted by atomic mass is 10.2. The second-order valence-corrected chi connectivity index (χ2v) is 11.5. The van der Waals surface area contributed by atoms with Crippen LogP contribution in [0.1, 0.15) is 11.1 Å². The average molecular weight is 586 g/mol. The Kier molecular flexibility index (Phi) is 8.15. The van der Waals surface area contributed by atoms with E-state index in [9.17, 15) is 26.4 Å². The third kappa shape index (κ3) is 6.19. The van der Waals surface area contributed by atoms with E-state index < -0.39 is 39.2 Å². The molecule has 202 valence electrons. The largest absolute Gasteiger partial charge is 0.417 e. The van der Waals surface area contributed by atoms with E-state index in [0.717, 1.165) is 23.4 Å². The van der Waals surface area contributed by atoms with E-state index in [-0.39, 0.29) is 10.6 Å². The molecule has 1 saturated heterocycles. The van der Waals surface area contributed by atoms with Crippen LogP contribution in [-0.4, -0.2) is 51.9 Å². The normalized spacial score (nSPS) is 14.5. The number of sulfonamides is 1. The first-order valence-corrected chi connectivity index (χ1v) is 13.8. The maximum Gasteiger partial charge on any atom is 0.417 e. The summed E-state index contributed by atoms with van der Waals surface area (Å²) in [5, 5.41) is 0.0107. The quantitative estimate of drug-likeness (QED) is 0.363. The van der Waals surface area contributed by atoms with Crippen molar-refractivity contribution >= 4 is 50.5 Å². The summed E-state index contributed by atoms with van der Waals surface area (Å²) in [6.07, 6.45) is -4.81. The molecule has 12 heteroatoms. The predicted molar refractivity (Wildman–Crippen MR) is 142 cm³/mol. The molecular formula is C26H24Cl2F3N3O3S. The van der Waals surface area contributed by atoms with Crippen molar-refractivity contribution in [2.24, 2.45) is 0 Å². The van der Waals surface area contributed by atoms with Gasteiger partial charge in [0.2, 0.25) is 5.91 Å². The number of halogens is 5. The van der Waals surface area contributed by atoms with Gasteiger partial charge in [-0.05, 0) is 55.5 Å². The number of hydrogen-bond donors (Lipinski definition) is 0. The minimum atomic E-state index is -4.81. The summed E-state index contributed by atoms with van der Waals surface area (Å²) in [5.74, 6) is -0.532. The topological polar surface area (TPSA) is 60.9 Å². The molecule has 1 heterocycles. The van der Waals surface area contributed by atoms with Gasteiger partial charge >= 0.3 is 6.18 Å². The SMILES string of the molecule is Cc1ccc(S(=O)(=O)N(CC(=O)N2CCN(c3cccc(Cl)c3)CC2)c2ccc(Cl)c(C(F)(F)F)c2)cc1. The number of aryl methyl sites for hydroxylation is 1. The van der Waals surface area contributed by atoms with Crippen LogP contribution in [0.5, 0.6) is 0 Å². The summed E-state index contributed by atoms with van der Waals surface area (Å²) in [5.41, 5.74) is 0.195. The molecule has 0 saturated carbocycles. The second kappa shape index (κ2) is 11.0. The molecule has 0 radical (unpaired) electrons. The molecule has 0 atom stereocenters. The van der Waals surface area contributed by atoms with Crippen molar-refractivity contribution in [1.29, 1.82) is 0 Å². The van der Waals surface area contributed by atoms with Crippen LogP contribution in [0.2, 0.25) is 10.0 Å². The first kappa shape index (κ1) is 28.1. The van der Waals surface area contributed by atoms with Crippen LogP contribution in [0.4, 0.5) is 24.5 Å². The Balaban J connectivity index is 1.62. The third-order valence-corrected chi connectivity index (χ3v) is 8.59. The Morgan fingerprint density at radius 1 is 0.947 bits per heavy atom. The molecule has 0 unspecified atom stereocenters. The van der Waals surface area contributed by atoms with Gasteiger partial charge in [-0.25, -0.2) is 8.42 Å². The Hall–Kier alpha value is -2.95. The average Bonchev–Trinajstić information content (AvgIpc) is 2.87. The van der Waals surface area contributed by atoms with Gasteiger partial charge in [0, 0.05) is 36.9 Å². The fourth-order valence-electron chi connectivity index (χ4n) is 4.15. The Bertz CT molecular complexity index is 1430. The molecule has 6 nitrogen and oxygen atoms in total. The summed E-state index contributed by atoms with van der Waals surface area (Å²) in [4.78, 5) is 16.7. The van der Waals surface area contributed by atoms with E-state index in [1.54, 1.807) is 25.1 Å². The van der Waals surface area contributed by atoms with E-state index in [1.165, 1.54) is 17.0 Å². The van der Waals surface area contributed by atoms with E-state index in [1.807, 2.05) is 23.1 Å². The lowest BCUT2D eigenvalue weighted by molar-refractivity contribution is -0.137. The van der Waals surface area contributed by atoms with Gasteiger partial charge in [-0.2, -0.15) is 13.2 Å². The highest BCUT2D eigenvalue weighted by atomic mass is 35.5. The molecule has 3 aromatic rings. The molecule has 3 aromatic carbocycles. The van der Waals surface area contributed by atoms with E-state index in [4.69, 9.17) is 23.2 Å². The van der Waals surface area contributed by atoms with Gasteiger partial charge in [0.1, 0.15) is 6.54 Å². The van der Waals surface area contributed by atoms with Crippen LogP contribution in [0.25, 0.3) is 0 Å². The Morgan fingerprint density at radius 3 is 2.21 bits per heavy atom. The van der Waals surface area contributed by atoms with E-state index in [2.05, 4.69) is 0 Å². The highest BCUT2D eigenvalue weighted by molar-refractivity contribution is 7.92. The van der Waals surface area contributed by atoms with Crippen LogP contribution < -0.4 is 9.21 Å². The lowest BCUT2D eigenvalue weighted by Gasteiger charge is -2.37. The number of rotatable bonds is 6. The number of piperazine rings is 1. The summed E-state index contributed by atoms with van der Waals surface area (Å²) in [7, 11) is -4.39. The van der Waals surface area contributed by atoms with Gasteiger partial charge in [0.15, 0.2) is 0 Å². The van der Waals surface area contributed by atoms with Crippen LogP contribution >= 0.6 is 23.2 Å². The molecule has 1 amide bonds. The van der Waals surface area contributed by atoms with Crippen molar-refractivity contribution in [2.45, 2.75) is 18.0 Å². The van der Waals surface area contributed by atoms with Gasteiger partial charge in [-0.15, -0.1) is 0 Å². The molecule has 0 bridgehead atoms. The monoisotopic (exact) mass is 585 g/mol. The molecule has 1 aliphatic heterocycles. The van der Waals surface area contributed by atoms with Crippen LogP contribution in [-0.2, 0) is 21.0 Å². The maximum absolute atomic E-state index is 13.6. The number of carbonyl (C=O) groups is 1. The molecule has 38 heavy (non-hydrogen) atoms. The highest BCUT2D eigenvalue weighted by Crippen LogP contribution is 2.38. The first-order valence-electron chi connectivity index (χ1n) is 11.6.